The average Bonchev–Trinajstić information content (AvgIpc) is 2.97. The van der Waals surface area contributed by atoms with Gasteiger partial charge in [0.2, 0.25) is 0 Å². The van der Waals surface area contributed by atoms with Gasteiger partial charge in [-0.25, -0.2) is 9.07 Å². The van der Waals surface area contributed by atoms with Gasteiger partial charge in [-0.15, -0.1) is 0 Å². The molecule has 0 radical (unpaired) electrons. The second kappa shape index (κ2) is 7.17. The van der Waals surface area contributed by atoms with Gasteiger partial charge < -0.3 is 10.4 Å². The summed E-state index contributed by atoms with van der Waals surface area (Å²) in [6, 6.07) is 5.89. The standard InChI is InChI=1S/C16H20FN3O2/c1-11(2)8-13(21)10-18-16(22)12-4-5-15(14(17)9-12)20-7-3-6-19-20/h3-7,9,11,13,21H,8,10H2,1-2H3,(H,18,22). The van der Waals surface area contributed by atoms with Crippen molar-refractivity contribution in [1.29, 1.82) is 0 Å². The van der Waals surface area contributed by atoms with Gasteiger partial charge in [0.15, 0.2) is 0 Å². The van der Waals surface area contributed by atoms with Crippen molar-refractivity contribution in [1.82, 2.24) is 15.1 Å². The number of nitrogens with zero attached hydrogens (tertiary/aromatic N) is 2. The molecule has 0 aliphatic carbocycles. The molecule has 1 atom stereocenters. The van der Waals surface area contributed by atoms with Crippen molar-refractivity contribution < 1.29 is 14.3 Å². The summed E-state index contributed by atoms with van der Waals surface area (Å²) in [4.78, 5) is 12.0. The molecule has 2 rings (SSSR count). The highest BCUT2D eigenvalue weighted by molar-refractivity contribution is 5.94. The zero-order valence-electron chi connectivity index (χ0n) is 12.7. The number of benzene rings is 1. The summed E-state index contributed by atoms with van der Waals surface area (Å²) in [5.41, 5.74) is 0.492. The summed E-state index contributed by atoms with van der Waals surface area (Å²) in [6.45, 7) is 4.14. The lowest BCUT2D eigenvalue weighted by atomic mass is 10.1. The first-order chi connectivity index (χ1) is 10.5. The van der Waals surface area contributed by atoms with Crippen LogP contribution in [-0.2, 0) is 0 Å². The van der Waals surface area contributed by atoms with Crippen molar-refractivity contribution in [3.63, 3.8) is 0 Å². The van der Waals surface area contributed by atoms with Gasteiger partial charge in [-0.3, -0.25) is 4.79 Å². The van der Waals surface area contributed by atoms with E-state index in [9.17, 15) is 14.3 Å². The Morgan fingerprint density at radius 2 is 2.23 bits per heavy atom. The van der Waals surface area contributed by atoms with Crippen LogP contribution in [-0.4, -0.2) is 33.4 Å². The number of carbonyl (C=O) groups is 1. The Kier molecular flexibility index (Phi) is 5.27. The number of amides is 1. The van der Waals surface area contributed by atoms with Crippen LogP contribution in [0.1, 0.15) is 30.6 Å². The summed E-state index contributed by atoms with van der Waals surface area (Å²) in [7, 11) is 0. The Morgan fingerprint density at radius 1 is 1.45 bits per heavy atom. The van der Waals surface area contributed by atoms with Crippen LogP contribution >= 0.6 is 0 Å². The molecule has 1 unspecified atom stereocenters. The zero-order chi connectivity index (χ0) is 16.1. The van der Waals surface area contributed by atoms with Crippen LogP contribution in [0.25, 0.3) is 5.69 Å². The Labute approximate surface area is 128 Å². The third kappa shape index (κ3) is 4.14. The minimum Gasteiger partial charge on any atom is -0.391 e. The van der Waals surface area contributed by atoms with Crippen molar-refractivity contribution in [2.45, 2.75) is 26.4 Å². The Hall–Kier alpha value is -2.21. The second-order valence-electron chi connectivity index (χ2n) is 5.61. The molecule has 2 N–H and O–H groups in total. The molecule has 0 saturated heterocycles. The molecule has 1 amide bonds. The second-order valence-corrected chi connectivity index (χ2v) is 5.61. The number of aliphatic hydroxyl groups excluding tert-OH is 1. The number of nitrogens with one attached hydrogen (secondary N) is 1. The van der Waals surface area contributed by atoms with E-state index < -0.39 is 17.8 Å². The lowest BCUT2D eigenvalue weighted by Crippen LogP contribution is -2.32. The SMILES string of the molecule is CC(C)CC(O)CNC(=O)c1ccc(-n2cccn2)c(F)c1. The van der Waals surface area contributed by atoms with E-state index in [0.717, 1.165) is 0 Å². The molecule has 2 aromatic rings. The van der Waals surface area contributed by atoms with Crippen LogP contribution in [0.15, 0.2) is 36.7 Å². The van der Waals surface area contributed by atoms with Gasteiger partial charge in [0.25, 0.3) is 5.91 Å². The molecule has 0 aliphatic rings. The smallest absolute Gasteiger partial charge is 0.251 e. The van der Waals surface area contributed by atoms with Gasteiger partial charge in [0, 0.05) is 24.5 Å². The first-order valence-corrected chi connectivity index (χ1v) is 7.23. The fourth-order valence-corrected chi connectivity index (χ4v) is 2.19. The molecule has 0 fully saturated rings. The molecule has 0 saturated carbocycles. The van der Waals surface area contributed by atoms with Crippen LogP contribution in [0.2, 0.25) is 0 Å². The largest absolute Gasteiger partial charge is 0.391 e. The summed E-state index contributed by atoms with van der Waals surface area (Å²) < 4.78 is 15.4. The van der Waals surface area contributed by atoms with Crippen molar-refractivity contribution in [3.8, 4) is 5.69 Å². The summed E-state index contributed by atoms with van der Waals surface area (Å²) in [6.07, 6.45) is 3.18. The topological polar surface area (TPSA) is 67.2 Å². The monoisotopic (exact) mass is 305 g/mol. The molecule has 22 heavy (non-hydrogen) atoms. The number of hydrogen-bond acceptors (Lipinski definition) is 3. The van der Waals surface area contributed by atoms with E-state index >= 15 is 0 Å². The van der Waals surface area contributed by atoms with E-state index in [2.05, 4.69) is 10.4 Å². The van der Waals surface area contributed by atoms with Gasteiger partial charge in [0.05, 0.1) is 6.10 Å². The minimum absolute atomic E-state index is 0.152. The first-order valence-electron chi connectivity index (χ1n) is 7.23. The van der Waals surface area contributed by atoms with Crippen molar-refractivity contribution in [2.24, 2.45) is 5.92 Å². The number of aliphatic hydroxyl groups is 1. The molecule has 1 aromatic carbocycles. The van der Waals surface area contributed by atoms with E-state index in [-0.39, 0.29) is 17.8 Å². The molecule has 5 nitrogen and oxygen atoms in total. The van der Waals surface area contributed by atoms with Crippen molar-refractivity contribution >= 4 is 5.91 Å². The maximum absolute atomic E-state index is 14.1. The first kappa shape index (κ1) is 16.2. The molecule has 6 heteroatoms. The quantitative estimate of drug-likeness (QED) is 0.859. The predicted octanol–water partition coefficient (Wildman–Crippen LogP) is 2.15. The summed E-state index contributed by atoms with van der Waals surface area (Å²) >= 11 is 0. The molecule has 0 bridgehead atoms. The van der Waals surface area contributed by atoms with Crippen LogP contribution < -0.4 is 5.32 Å². The lowest BCUT2D eigenvalue weighted by Gasteiger charge is -2.14. The van der Waals surface area contributed by atoms with E-state index in [1.54, 1.807) is 18.5 Å². The minimum atomic E-state index is -0.600. The van der Waals surface area contributed by atoms with E-state index in [0.29, 0.717) is 12.3 Å². The van der Waals surface area contributed by atoms with Crippen LogP contribution in [0.5, 0.6) is 0 Å². The highest BCUT2D eigenvalue weighted by Crippen LogP contribution is 2.14. The van der Waals surface area contributed by atoms with Crippen molar-refractivity contribution in [3.05, 3.63) is 48.0 Å². The van der Waals surface area contributed by atoms with Gasteiger partial charge in [-0.05, 0) is 36.6 Å². The number of carbonyl (C=O) groups excluding carboxylic acids is 1. The lowest BCUT2D eigenvalue weighted by molar-refractivity contribution is 0.0900. The van der Waals surface area contributed by atoms with Crippen molar-refractivity contribution in [2.75, 3.05) is 6.54 Å². The van der Waals surface area contributed by atoms with E-state index in [1.807, 2.05) is 13.8 Å². The maximum Gasteiger partial charge on any atom is 0.251 e. The maximum atomic E-state index is 14.1. The Morgan fingerprint density at radius 3 is 2.82 bits per heavy atom. The average molecular weight is 305 g/mol. The molecule has 1 aromatic heterocycles. The zero-order valence-corrected chi connectivity index (χ0v) is 12.7. The van der Waals surface area contributed by atoms with Gasteiger partial charge in [0.1, 0.15) is 11.5 Å². The molecule has 118 valence electrons. The Balaban J connectivity index is 2.01. The third-order valence-electron chi connectivity index (χ3n) is 3.20. The van der Waals surface area contributed by atoms with Crippen LogP contribution in [0, 0.1) is 11.7 Å². The number of aromatic nitrogens is 2. The number of hydrogen-bond donors (Lipinski definition) is 2. The fraction of sp³-hybridized carbons (Fsp3) is 0.375. The number of rotatable bonds is 6. The Bertz CT molecular complexity index is 626. The van der Waals surface area contributed by atoms with E-state index in [4.69, 9.17) is 0 Å². The summed E-state index contributed by atoms with van der Waals surface area (Å²) in [5.74, 6) is -0.592. The molecular formula is C16H20FN3O2. The summed E-state index contributed by atoms with van der Waals surface area (Å²) in [5, 5.41) is 16.3. The molecular weight excluding hydrogens is 285 g/mol. The van der Waals surface area contributed by atoms with Gasteiger partial charge in [-0.1, -0.05) is 13.8 Å². The molecule has 1 heterocycles. The number of halogens is 1. The predicted molar refractivity (Wildman–Crippen MR) is 81.3 cm³/mol. The normalized spacial score (nSPS) is 12.4. The fourth-order valence-electron chi connectivity index (χ4n) is 2.19. The highest BCUT2D eigenvalue weighted by atomic mass is 19.1. The molecule has 0 spiro atoms. The van der Waals surface area contributed by atoms with Gasteiger partial charge in [-0.2, -0.15) is 5.10 Å². The highest BCUT2D eigenvalue weighted by Gasteiger charge is 2.13. The van der Waals surface area contributed by atoms with Crippen LogP contribution in [0.3, 0.4) is 0 Å². The van der Waals surface area contributed by atoms with Crippen LogP contribution in [0.4, 0.5) is 4.39 Å². The molecule has 0 aliphatic heterocycles. The third-order valence-corrected chi connectivity index (χ3v) is 3.20. The van der Waals surface area contributed by atoms with E-state index in [1.165, 1.54) is 22.9 Å². The van der Waals surface area contributed by atoms with Gasteiger partial charge >= 0.3 is 0 Å².